The number of likely N-dealkylation sites (N-methyl/N-ethyl adjacent to an activating group) is 1. The van der Waals surface area contributed by atoms with Crippen molar-refractivity contribution in [3.05, 3.63) is 32.3 Å². The molecule has 100 valence electrons. The number of nitro benzene ring substituents is 1. The summed E-state index contributed by atoms with van der Waals surface area (Å²) >= 11 is 11.9. The number of non-ortho nitro benzene ring substituents is 1. The fourth-order valence-electron chi connectivity index (χ4n) is 1.36. The normalized spacial score (nSPS) is 10.7. The molecule has 0 saturated carbocycles. The van der Waals surface area contributed by atoms with Crippen molar-refractivity contribution in [2.24, 2.45) is 0 Å². The van der Waals surface area contributed by atoms with Crippen LogP contribution >= 0.6 is 23.2 Å². The van der Waals surface area contributed by atoms with Gasteiger partial charge in [-0.3, -0.25) is 10.1 Å². The fourth-order valence-corrected chi connectivity index (χ4v) is 1.97. The smallest absolute Gasteiger partial charge is 0.272 e. The van der Waals surface area contributed by atoms with E-state index in [4.69, 9.17) is 23.2 Å². The van der Waals surface area contributed by atoms with Crippen LogP contribution < -0.4 is 5.32 Å². The van der Waals surface area contributed by atoms with Crippen LogP contribution in [0.5, 0.6) is 0 Å². The molecule has 1 N–H and O–H groups in total. The summed E-state index contributed by atoms with van der Waals surface area (Å²) in [6, 6.07) is 2.58. The first-order valence-corrected chi connectivity index (χ1v) is 6.27. The Hall–Kier alpha value is -1.04. The van der Waals surface area contributed by atoms with E-state index in [1.807, 2.05) is 7.05 Å². The molecule has 0 saturated heterocycles. The number of halogens is 2. The number of rotatable bonds is 6. The standard InChI is InChI=1S/C11H15Cl2N3O2/c1-3-15(2)5-4-14-11-9(12)6-8(16(17)18)7-10(11)13/h6-7,14H,3-5H2,1-2H3. The number of benzene rings is 1. The first-order valence-electron chi connectivity index (χ1n) is 5.51. The van der Waals surface area contributed by atoms with Gasteiger partial charge in [0.15, 0.2) is 0 Å². The lowest BCUT2D eigenvalue weighted by Crippen LogP contribution is -2.24. The molecule has 7 heteroatoms. The maximum absolute atomic E-state index is 10.6. The van der Waals surface area contributed by atoms with E-state index >= 15 is 0 Å². The van der Waals surface area contributed by atoms with E-state index in [2.05, 4.69) is 17.1 Å². The molecule has 0 bridgehead atoms. The molecule has 0 aliphatic carbocycles. The topological polar surface area (TPSA) is 58.4 Å². The Bertz CT molecular complexity index is 417. The highest BCUT2D eigenvalue weighted by atomic mass is 35.5. The number of anilines is 1. The molecule has 1 rings (SSSR count). The summed E-state index contributed by atoms with van der Waals surface area (Å²) in [5.41, 5.74) is 0.426. The maximum atomic E-state index is 10.6. The molecule has 0 spiro atoms. The van der Waals surface area contributed by atoms with Crippen molar-refractivity contribution in [1.29, 1.82) is 0 Å². The van der Waals surface area contributed by atoms with Gasteiger partial charge in [0.05, 0.1) is 20.7 Å². The van der Waals surface area contributed by atoms with Crippen LogP contribution in [0, 0.1) is 10.1 Å². The Balaban J connectivity index is 2.75. The van der Waals surface area contributed by atoms with Gasteiger partial charge in [-0.05, 0) is 13.6 Å². The van der Waals surface area contributed by atoms with Gasteiger partial charge in [0.1, 0.15) is 0 Å². The molecule has 1 aromatic carbocycles. The molecule has 0 unspecified atom stereocenters. The van der Waals surface area contributed by atoms with E-state index in [0.717, 1.165) is 13.1 Å². The second-order valence-corrected chi connectivity index (χ2v) is 4.68. The van der Waals surface area contributed by atoms with Crippen LogP contribution in [0.2, 0.25) is 10.0 Å². The second kappa shape index (κ2) is 6.78. The summed E-state index contributed by atoms with van der Waals surface area (Å²) in [5, 5.41) is 14.2. The van der Waals surface area contributed by atoms with Crippen LogP contribution in [0.25, 0.3) is 0 Å². The van der Waals surface area contributed by atoms with Gasteiger partial charge in [-0.25, -0.2) is 0 Å². The molecule has 5 nitrogen and oxygen atoms in total. The Kier molecular flexibility index (Phi) is 5.65. The molecule has 0 aliphatic heterocycles. The zero-order chi connectivity index (χ0) is 13.7. The number of hydrogen-bond donors (Lipinski definition) is 1. The molecule has 0 atom stereocenters. The Labute approximate surface area is 116 Å². The first-order chi connectivity index (χ1) is 8.45. The van der Waals surface area contributed by atoms with E-state index in [0.29, 0.717) is 12.2 Å². The second-order valence-electron chi connectivity index (χ2n) is 3.86. The van der Waals surface area contributed by atoms with E-state index in [-0.39, 0.29) is 15.7 Å². The molecule has 0 aliphatic rings. The number of hydrogen-bond acceptors (Lipinski definition) is 4. The first kappa shape index (κ1) is 15.0. The number of nitrogens with one attached hydrogen (secondary N) is 1. The van der Waals surface area contributed by atoms with Gasteiger partial charge in [0.2, 0.25) is 0 Å². The highest BCUT2D eigenvalue weighted by molar-refractivity contribution is 6.39. The summed E-state index contributed by atoms with van der Waals surface area (Å²) < 4.78 is 0. The highest BCUT2D eigenvalue weighted by Crippen LogP contribution is 2.34. The SMILES string of the molecule is CCN(C)CCNc1c(Cl)cc([N+](=O)[O-])cc1Cl. The molecule has 0 radical (unpaired) electrons. The third-order valence-corrected chi connectivity index (χ3v) is 3.17. The zero-order valence-electron chi connectivity index (χ0n) is 10.2. The van der Waals surface area contributed by atoms with Crippen molar-refractivity contribution in [3.63, 3.8) is 0 Å². The van der Waals surface area contributed by atoms with E-state index < -0.39 is 4.92 Å². The number of nitrogens with zero attached hydrogens (tertiary/aromatic N) is 2. The van der Waals surface area contributed by atoms with Gasteiger partial charge in [-0.2, -0.15) is 0 Å². The minimum absolute atomic E-state index is 0.110. The van der Waals surface area contributed by atoms with Crippen LogP contribution in [0.4, 0.5) is 11.4 Å². The van der Waals surface area contributed by atoms with Crippen LogP contribution in [0.3, 0.4) is 0 Å². The molecule has 0 amide bonds. The Morgan fingerprint density at radius 1 is 1.39 bits per heavy atom. The fraction of sp³-hybridized carbons (Fsp3) is 0.455. The van der Waals surface area contributed by atoms with Crippen molar-refractivity contribution < 1.29 is 4.92 Å². The summed E-state index contributed by atoms with van der Waals surface area (Å²) in [4.78, 5) is 12.2. The Morgan fingerprint density at radius 3 is 2.39 bits per heavy atom. The van der Waals surface area contributed by atoms with Gasteiger partial charge < -0.3 is 10.2 Å². The lowest BCUT2D eigenvalue weighted by Gasteiger charge is -2.15. The molecule has 18 heavy (non-hydrogen) atoms. The van der Waals surface area contributed by atoms with Gasteiger partial charge in [-0.15, -0.1) is 0 Å². The van der Waals surface area contributed by atoms with Crippen molar-refractivity contribution in [1.82, 2.24) is 4.90 Å². The van der Waals surface area contributed by atoms with E-state index in [1.165, 1.54) is 12.1 Å². The van der Waals surface area contributed by atoms with Crippen molar-refractivity contribution >= 4 is 34.6 Å². The molecule has 0 fully saturated rings. The average Bonchev–Trinajstić information content (AvgIpc) is 2.31. The van der Waals surface area contributed by atoms with Crippen molar-refractivity contribution in [2.45, 2.75) is 6.92 Å². The van der Waals surface area contributed by atoms with Crippen molar-refractivity contribution in [3.8, 4) is 0 Å². The molecule has 0 heterocycles. The van der Waals surface area contributed by atoms with Gasteiger partial charge in [0.25, 0.3) is 5.69 Å². The monoisotopic (exact) mass is 291 g/mol. The average molecular weight is 292 g/mol. The Morgan fingerprint density at radius 2 is 1.94 bits per heavy atom. The highest BCUT2D eigenvalue weighted by Gasteiger charge is 2.14. The summed E-state index contributed by atoms with van der Waals surface area (Å²) in [5.74, 6) is 0. The summed E-state index contributed by atoms with van der Waals surface area (Å²) in [7, 11) is 2.00. The molecule has 0 aromatic heterocycles. The van der Waals surface area contributed by atoms with Crippen LogP contribution in [0.15, 0.2) is 12.1 Å². The minimum Gasteiger partial charge on any atom is -0.381 e. The largest absolute Gasteiger partial charge is 0.381 e. The van der Waals surface area contributed by atoms with Crippen molar-refractivity contribution in [2.75, 3.05) is 32.0 Å². The predicted octanol–water partition coefficient (Wildman–Crippen LogP) is 3.27. The third kappa shape index (κ3) is 4.01. The molecular formula is C11H15Cl2N3O2. The maximum Gasteiger partial charge on any atom is 0.272 e. The predicted molar refractivity (Wildman–Crippen MR) is 74.8 cm³/mol. The molecular weight excluding hydrogens is 277 g/mol. The lowest BCUT2D eigenvalue weighted by molar-refractivity contribution is -0.384. The van der Waals surface area contributed by atoms with E-state index in [9.17, 15) is 10.1 Å². The molecule has 1 aromatic rings. The quantitative estimate of drug-likeness (QED) is 0.646. The van der Waals surface area contributed by atoms with Crippen LogP contribution in [0.1, 0.15) is 6.92 Å². The van der Waals surface area contributed by atoms with Gasteiger partial charge in [0, 0.05) is 25.2 Å². The van der Waals surface area contributed by atoms with Gasteiger partial charge >= 0.3 is 0 Å². The van der Waals surface area contributed by atoms with Crippen LogP contribution in [-0.2, 0) is 0 Å². The minimum atomic E-state index is -0.521. The van der Waals surface area contributed by atoms with Crippen LogP contribution in [-0.4, -0.2) is 36.5 Å². The lowest BCUT2D eigenvalue weighted by atomic mass is 10.2. The number of nitro groups is 1. The zero-order valence-corrected chi connectivity index (χ0v) is 11.8. The summed E-state index contributed by atoms with van der Waals surface area (Å²) in [6.07, 6.45) is 0. The van der Waals surface area contributed by atoms with Gasteiger partial charge in [-0.1, -0.05) is 30.1 Å². The third-order valence-electron chi connectivity index (χ3n) is 2.57. The summed E-state index contributed by atoms with van der Waals surface area (Å²) in [6.45, 7) is 4.51. The van der Waals surface area contributed by atoms with E-state index in [1.54, 1.807) is 0 Å².